The lowest BCUT2D eigenvalue weighted by Gasteiger charge is -2.19. The zero-order chi connectivity index (χ0) is 17.6. The molecule has 1 aliphatic carbocycles. The number of hydrogen-bond donors (Lipinski definition) is 1. The third-order valence-corrected chi connectivity index (χ3v) is 4.70. The number of hydrogen-bond acceptors (Lipinski definition) is 3. The molecular weight excluding hydrogens is 321 g/mol. The quantitative estimate of drug-likeness (QED) is 0.584. The molecular formula is C20H16FNO3. The smallest absolute Gasteiger partial charge is 0.317 e. The van der Waals surface area contributed by atoms with Gasteiger partial charge in [-0.1, -0.05) is 36.4 Å². The summed E-state index contributed by atoms with van der Waals surface area (Å²) in [4.78, 5) is 28.5. The highest BCUT2D eigenvalue weighted by molar-refractivity contribution is 6.16. The Labute approximate surface area is 143 Å². The van der Waals surface area contributed by atoms with Gasteiger partial charge < -0.3 is 9.72 Å². The Balaban J connectivity index is 1.98. The molecule has 25 heavy (non-hydrogen) atoms. The van der Waals surface area contributed by atoms with Crippen molar-refractivity contribution in [3.05, 3.63) is 71.2 Å². The van der Waals surface area contributed by atoms with Crippen molar-refractivity contribution >= 4 is 22.7 Å². The van der Waals surface area contributed by atoms with Crippen LogP contribution in [0.4, 0.5) is 4.39 Å². The summed E-state index contributed by atoms with van der Waals surface area (Å²) in [5.74, 6) is -3.17. The van der Waals surface area contributed by atoms with Gasteiger partial charge in [-0.15, -0.1) is 0 Å². The maximum atomic E-state index is 14.5. The van der Waals surface area contributed by atoms with Crippen molar-refractivity contribution in [1.82, 2.24) is 4.98 Å². The molecule has 0 unspecified atom stereocenters. The van der Waals surface area contributed by atoms with Crippen molar-refractivity contribution in [3.8, 4) is 0 Å². The monoisotopic (exact) mass is 337 g/mol. The van der Waals surface area contributed by atoms with E-state index in [1.54, 1.807) is 25.1 Å². The first kappa shape index (κ1) is 15.6. The second-order valence-corrected chi connectivity index (χ2v) is 6.05. The number of carbonyl (C=O) groups is 2. The summed E-state index contributed by atoms with van der Waals surface area (Å²) in [6.07, 6.45) is 0. The Morgan fingerprint density at radius 2 is 1.88 bits per heavy atom. The lowest BCUT2D eigenvalue weighted by molar-refractivity contribution is -0.146. The molecule has 4 nitrogen and oxygen atoms in total. The molecule has 0 fully saturated rings. The molecule has 2 aromatic carbocycles. The minimum atomic E-state index is -1.07. The van der Waals surface area contributed by atoms with E-state index < -0.39 is 23.6 Å². The summed E-state index contributed by atoms with van der Waals surface area (Å²) in [6, 6.07) is 13.7. The molecule has 1 N–H and O–H groups in total. The standard InChI is InChI=1S/C20H16FNO3/c1-2-25-20(24)17-15(11-7-3-5-9-13(11)21)16-12-8-4-6-10-14(12)22-18(16)19(17)23/h3-10,15,17,22H,2H2,1H3/t15-,17+/m1/s1. The van der Waals surface area contributed by atoms with Gasteiger partial charge in [0.25, 0.3) is 0 Å². The fourth-order valence-electron chi connectivity index (χ4n) is 3.69. The van der Waals surface area contributed by atoms with E-state index in [2.05, 4.69) is 4.98 Å². The summed E-state index contributed by atoms with van der Waals surface area (Å²) < 4.78 is 19.6. The number of rotatable bonds is 3. The summed E-state index contributed by atoms with van der Waals surface area (Å²) in [6.45, 7) is 1.85. The molecule has 0 spiro atoms. The van der Waals surface area contributed by atoms with Crippen LogP contribution in [0.1, 0.15) is 34.5 Å². The molecule has 0 amide bonds. The number of nitrogens with one attached hydrogen (secondary N) is 1. The molecule has 5 heteroatoms. The fraction of sp³-hybridized carbons (Fsp3) is 0.200. The van der Waals surface area contributed by atoms with Gasteiger partial charge in [0.15, 0.2) is 5.78 Å². The van der Waals surface area contributed by atoms with E-state index >= 15 is 0 Å². The van der Waals surface area contributed by atoms with Gasteiger partial charge in [0, 0.05) is 16.8 Å². The molecule has 3 aromatic rings. The van der Waals surface area contributed by atoms with Crippen molar-refractivity contribution in [3.63, 3.8) is 0 Å². The molecule has 0 saturated heterocycles. The highest BCUT2D eigenvalue weighted by Gasteiger charge is 2.48. The lowest BCUT2D eigenvalue weighted by Crippen LogP contribution is -2.27. The molecule has 1 heterocycles. The van der Waals surface area contributed by atoms with E-state index in [0.717, 1.165) is 10.9 Å². The first-order valence-electron chi connectivity index (χ1n) is 8.19. The number of Topliss-reactive ketones (excluding diaryl/α,β-unsaturated/α-hetero) is 1. The SMILES string of the molecule is CCOC(=O)[C@@H]1C(=O)c2[nH]c3ccccc3c2[C@H]1c1ccccc1F. The van der Waals surface area contributed by atoms with Crippen LogP contribution in [-0.2, 0) is 9.53 Å². The van der Waals surface area contributed by atoms with Gasteiger partial charge in [-0.3, -0.25) is 9.59 Å². The van der Waals surface area contributed by atoms with Gasteiger partial charge in [0.05, 0.1) is 12.3 Å². The van der Waals surface area contributed by atoms with Crippen LogP contribution >= 0.6 is 0 Å². The van der Waals surface area contributed by atoms with Crippen molar-refractivity contribution < 1.29 is 18.7 Å². The largest absolute Gasteiger partial charge is 0.465 e. The van der Waals surface area contributed by atoms with E-state index in [9.17, 15) is 14.0 Å². The molecule has 0 saturated carbocycles. The summed E-state index contributed by atoms with van der Waals surface area (Å²) in [5, 5.41) is 0.825. The highest BCUT2D eigenvalue weighted by atomic mass is 19.1. The number of aromatic nitrogens is 1. The average molecular weight is 337 g/mol. The summed E-state index contributed by atoms with van der Waals surface area (Å²) in [7, 11) is 0. The van der Waals surface area contributed by atoms with Gasteiger partial charge in [0.1, 0.15) is 11.7 Å². The number of fused-ring (bicyclic) bond motifs is 3. The number of H-pyrrole nitrogens is 1. The molecule has 4 rings (SSSR count). The van der Waals surface area contributed by atoms with Crippen LogP contribution < -0.4 is 0 Å². The van der Waals surface area contributed by atoms with E-state index in [-0.39, 0.29) is 12.4 Å². The number of benzene rings is 2. The fourth-order valence-corrected chi connectivity index (χ4v) is 3.69. The van der Waals surface area contributed by atoms with Crippen LogP contribution in [0.15, 0.2) is 48.5 Å². The number of esters is 1. The van der Waals surface area contributed by atoms with Crippen molar-refractivity contribution in [2.75, 3.05) is 6.61 Å². The maximum absolute atomic E-state index is 14.5. The minimum absolute atomic E-state index is 0.168. The Kier molecular flexibility index (Phi) is 3.64. The Morgan fingerprint density at radius 1 is 1.16 bits per heavy atom. The zero-order valence-corrected chi connectivity index (χ0v) is 13.6. The molecule has 126 valence electrons. The normalized spacial score (nSPS) is 19.2. The van der Waals surface area contributed by atoms with Gasteiger partial charge in [-0.25, -0.2) is 4.39 Å². The average Bonchev–Trinajstić information content (AvgIpc) is 3.11. The molecule has 0 bridgehead atoms. The third kappa shape index (κ3) is 2.27. The van der Waals surface area contributed by atoms with Crippen LogP contribution in [0.2, 0.25) is 0 Å². The van der Waals surface area contributed by atoms with Crippen LogP contribution in [-0.4, -0.2) is 23.3 Å². The molecule has 2 atom stereocenters. The second-order valence-electron chi connectivity index (χ2n) is 6.05. The minimum Gasteiger partial charge on any atom is -0.465 e. The zero-order valence-electron chi connectivity index (χ0n) is 13.6. The highest BCUT2D eigenvalue weighted by Crippen LogP contribution is 2.46. The third-order valence-electron chi connectivity index (χ3n) is 4.70. The van der Waals surface area contributed by atoms with E-state index in [4.69, 9.17) is 4.74 Å². The second kappa shape index (κ2) is 5.84. The van der Waals surface area contributed by atoms with Crippen LogP contribution in [0, 0.1) is 11.7 Å². The number of carbonyl (C=O) groups excluding carboxylic acids is 2. The van der Waals surface area contributed by atoms with Crippen molar-refractivity contribution in [2.45, 2.75) is 12.8 Å². The lowest BCUT2D eigenvalue weighted by atomic mass is 9.84. The number of ketones is 1. The first-order valence-corrected chi connectivity index (χ1v) is 8.19. The summed E-state index contributed by atoms with van der Waals surface area (Å²) >= 11 is 0. The summed E-state index contributed by atoms with van der Waals surface area (Å²) in [5.41, 5.74) is 2.16. The first-order chi connectivity index (χ1) is 12.1. The number of aromatic amines is 1. The van der Waals surface area contributed by atoms with Crippen LogP contribution in [0.25, 0.3) is 10.9 Å². The van der Waals surface area contributed by atoms with Gasteiger partial charge in [-0.05, 0) is 30.2 Å². The Bertz CT molecular complexity index is 992. The van der Waals surface area contributed by atoms with E-state index in [1.807, 2.05) is 24.3 Å². The number of halogens is 1. The van der Waals surface area contributed by atoms with Gasteiger partial charge in [0.2, 0.25) is 0 Å². The number of ether oxygens (including phenoxy) is 1. The van der Waals surface area contributed by atoms with Crippen molar-refractivity contribution in [1.29, 1.82) is 0 Å². The Hall–Kier alpha value is -2.95. The molecule has 1 aliphatic rings. The topological polar surface area (TPSA) is 59.2 Å². The molecule has 0 radical (unpaired) electrons. The van der Waals surface area contributed by atoms with Crippen LogP contribution in [0.5, 0.6) is 0 Å². The maximum Gasteiger partial charge on any atom is 0.317 e. The Morgan fingerprint density at radius 3 is 2.64 bits per heavy atom. The van der Waals surface area contributed by atoms with Crippen LogP contribution in [0.3, 0.4) is 0 Å². The number of para-hydroxylation sites is 1. The molecule has 0 aliphatic heterocycles. The van der Waals surface area contributed by atoms with E-state index in [1.165, 1.54) is 6.07 Å². The molecule has 1 aromatic heterocycles. The van der Waals surface area contributed by atoms with E-state index in [0.29, 0.717) is 16.8 Å². The predicted molar refractivity (Wildman–Crippen MR) is 91.0 cm³/mol. The van der Waals surface area contributed by atoms with Gasteiger partial charge >= 0.3 is 5.97 Å². The van der Waals surface area contributed by atoms with Crippen molar-refractivity contribution in [2.24, 2.45) is 5.92 Å². The predicted octanol–water partition coefficient (Wildman–Crippen LogP) is 3.81. The van der Waals surface area contributed by atoms with Gasteiger partial charge in [-0.2, -0.15) is 0 Å².